The Morgan fingerprint density at radius 2 is 1.55 bits per heavy atom. The zero-order valence-corrected chi connectivity index (χ0v) is 23.0. The number of amides is 1. The predicted octanol–water partition coefficient (Wildman–Crippen LogP) is 4.78. The fourth-order valence-corrected chi connectivity index (χ4v) is 3.19. The van der Waals surface area contributed by atoms with E-state index in [4.69, 9.17) is 28.4 Å². The summed E-state index contributed by atoms with van der Waals surface area (Å²) in [5, 5.41) is 2.41. The zero-order valence-electron chi connectivity index (χ0n) is 23.0. The molecule has 2 aromatic carbocycles. The number of ether oxygens (including phenoxy) is 6. The van der Waals surface area contributed by atoms with E-state index >= 15 is 0 Å². The Bertz CT molecular complexity index is 1020. The summed E-state index contributed by atoms with van der Waals surface area (Å²) in [5.74, 6) is 0.0623. The van der Waals surface area contributed by atoms with Crippen molar-refractivity contribution in [2.24, 2.45) is 0 Å². The number of hydrogen-bond donors (Lipinski definition) is 1. The van der Waals surface area contributed by atoms with Crippen LogP contribution in [0.5, 0.6) is 5.75 Å². The molecule has 0 saturated carbocycles. The Morgan fingerprint density at radius 1 is 0.921 bits per heavy atom. The van der Waals surface area contributed by atoms with E-state index in [9.17, 15) is 9.59 Å². The molecular formula is C29H39NO8. The Balaban J connectivity index is 1.99. The number of carbonyl (C=O) groups excluding carboxylic acids is 2. The molecule has 0 fully saturated rings. The summed E-state index contributed by atoms with van der Waals surface area (Å²) in [5.41, 5.74) is 1.23. The molecule has 0 aliphatic heterocycles. The molecule has 0 aromatic heterocycles. The first-order valence-corrected chi connectivity index (χ1v) is 12.4. The Labute approximate surface area is 225 Å². The van der Waals surface area contributed by atoms with E-state index in [0.29, 0.717) is 13.2 Å². The van der Waals surface area contributed by atoms with Gasteiger partial charge in [-0.05, 0) is 57.0 Å². The van der Waals surface area contributed by atoms with Crippen molar-refractivity contribution in [3.63, 3.8) is 0 Å². The number of esters is 1. The van der Waals surface area contributed by atoms with E-state index in [1.165, 1.54) is 13.2 Å². The second-order valence-corrected chi connectivity index (χ2v) is 9.47. The van der Waals surface area contributed by atoms with E-state index in [0.717, 1.165) is 16.9 Å². The van der Waals surface area contributed by atoms with Gasteiger partial charge in [-0.2, -0.15) is 0 Å². The molecule has 0 heterocycles. The molecule has 1 N–H and O–H groups in total. The van der Waals surface area contributed by atoms with Crippen LogP contribution in [0.2, 0.25) is 0 Å². The Hall–Kier alpha value is -3.40. The van der Waals surface area contributed by atoms with Crippen LogP contribution < -0.4 is 10.1 Å². The van der Waals surface area contributed by atoms with Gasteiger partial charge in [0.1, 0.15) is 23.2 Å². The number of methoxy groups -OCH3 is 2. The molecule has 9 nitrogen and oxygen atoms in total. The van der Waals surface area contributed by atoms with Crippen molar-refractivity contribution < 1.29 is 38.0 Å². The molecule has 2 atom stereocenters. The molecule has 2 aromatic rings. The van der Waals surface area contributed by atoms with E-state index in [1.54, 1.807) is 27.9 Å². The lowest BCUT2D eigenvalue weighted by molar-refractivity contribution is -0.136. The van der Waals surface area contributed by atoms with E-state index in [2.05, 4.69) is 5.32 Å². The lowest BCUT2D eigenvalue weighted by atomic mass is 10.2. The number of hydrogen-bond acceptors (Lipinski definition) is 8. The van der Waals surface area contributed by atoms with Crippen molar-refractivity contribution in [3.05, 3.63) is 77.5 Å². The highest BCUT2D eigenvalue weighted by atomic mass is 16.6. The van der Waals surface area contributed by atoms with Gasteiger partial charge in [-0.15, -0.1) is 0 Å². The van der Waals surface area contributed by atoms with Crippen molar-refractivity contribution in [1.82, 2.24) is 5.32 Å². The van der Waals surface area contributed by atoms with Crippen molar-refractivity contribution in [2.75, 3.05) is 27.4 Å². The minimum absolute atomic E-state index is 0.0244. The normalized spacial score (nSPS) is 13.4. The summed E-state index contributed by atoms with van der Waals surface area (Å²) >= 11 is 0. The van der Waals surface area contributed by atoms with E-state index in [1.807, 2.05) is 61.5 Å². The Morgan fingerprint density at radius 3 is 2.16 bits per heavy atom. The summed E-state index contributed by atoms with van der Waals surface area (Å²) in [4.78, 5) is 24.2. The molecule has 0 saturated heterocycles. The molecule has 0 spiro atoms. The summed E-state index contributed by atoms with van der Waals surface area (Å²) < 4.78 is 33.2. The maximum atomic E-state index is 12.1. The van der Waals surface area contributed by atoms with Crippen LogP contribution in [0.25, 0.3) is 0 Å². The van der Waals surface area contributed by atoms with Crippen LogP contribution in [-0.4, -0.2) is 57.3 Å². The van der Waals surface area contributed by atoms with Crippen LogP contribution >= 0.6 is 0 Å². The van der Waals surface area contributed by atoms with Gasteiger partial charge in [0.05, 0.1) is 46.8 Å². The van der Waals surface area contributed by atoms with Crippen molar-refractivity contribution in [3.8, 4) is 5.75 Å². The third kappa shape index (κ3) is 11.8. The number of nitrogens with one attached hydrogen (secondary N) is 1. The van der Waals surface area contributed by atoms with Crippen LogP contribution in [0.4, 0.5) is 4.79 Å². The predicted molar refractivity (Wildman–Crippen MR) is 143 cm³/mol. The van der Waals surface area contributed by atoms with Gasteiger partial charge in [0, 0.05) is 0 Å². The Kier molecular flexibility index (Phi) is 12.8. The van der Waals surface area contributed by atoms with E-state index in [-0.39, 0.29) is 25.0 Å². The second-order valence-electron chi connectivity index (χ2n) is 9.47. The van der Waals surface area contributed by atoms with Gasteiger partial charge < -0.3 is 28.4 Å². The maximum absolute atomic E-state index is 12.1. The fourth-order valence-electron chi connectivity index (χ4n) is 3.19. The van der Waals surface area contributed by atoms with Crippen molar-refractivity contribution in [2.45, 2.75) is 58.7 Å². The van der Waals surface area contributed by atoms with Crippen LogP contribution in [0.15, 0.2) is 66.4 Å². The minimum Gasteiger partial charge on any atom is -0.497 e. The summed E-state index contributed by atoms with van der Waals surface area (Å²) in [6, 6.07) is 17.5. The minimum atomic E-state index is -0.765. The van der Waals surface area contributed by atoms with Crippen LogP contribution in [0.3, 0.4) is 0 Å². The summed E-state index contributed by atoms with van der Waals surface area (Å²) in [6.07, 6.45) is -0.0434. The average molecular weight is 530 g/mol. The molecule has 208 valence electrons. The molecule has 0 radical (unpaired) electrons. The van der Waals surface area contributed by atoms with Gasteiger partial charge in [0.15, 0.2) is 0 Å². The van der Waals surface area contributed by atoms with Gasteiger partial charge in [0.25, 0.3) is 0 Å². The quantitative estimate of drug-likeness (QED) is 0.212. The molecular weight excluding hydrogens is 490 g/mol. The largest absolute Gasteiger partial charge is 0.497 e. The highest BCUT2D eigenvalue weighted by Gasteiger charge is 2.21. The molecule has 0 aliphatic carbocycles. The molecule has 1 unspecified atom stereocenters. The summed E-state index contributed by atoms with van der Waals surface area (Å²) in [7, 11) is 2.85. The lowest BCUT2D eigenvalue weighted by Gasteiger charge is -2.25. The molecule has 0 aliphatic rings. The van der Waals surface area contributed by atoms with Crippen molar-refractivity contribution in [1.29, 1.82) is 0 Å². The van der Waals surface area contributed by atoms with Crippen LogP contribution in [0, 0.1) is 0 Å². The lowest BCUT2D eigenvalue weighted by Crippen LogP contribution is -2.35. The molecule has 1 amide bonds. The molecule has 9 heteroatoms. The first-order chi connectivity index (χ1) is 18.1. The van der Waals surface area contributed by atoms with Crippen molar-refractivity contribution >= 4 is 12.1 Å². The molecule has 0 bridgehead atoms. The second kappa shape index (κ2) is 15.8. The SMILES string of the molecule is COC(=O)/C(=C/COC[C@@H](OCc1ccccc1)C(C)OCc1ccc(OC)cc1)NC(=O)OC(C)(C)C. The van der Waals surface area contributed by atoms with Crippen LogP contribution in [0.1, 0.15) is 38.8 Å². The molecule has 38 heavy (non-hydrogen) atoms. The van der Waals surface area contributed by atoms with E-state index < -0.39 is 23.8 Å². The average Bonchev–Trinajstić information content (AvgIpc) is 2.89. The monoisotopic (exact) mass is 529 g/mol. The maximum Gasteiger partial charge on any atom is 0.412 e. The molecule has 2 rings (SSSR count). The van der Waals surface area contributed by atoms with Gasteiger partial charge in [0.2, 0.25) is 0 Å². The van der Waals surface area contributed by atoms with Gasteiger partial charge in [-0.1, -0.05) is 42.5 Å². The standard InChI is InChI=1S/C29H39NO8/c1-21(36-18-23-12-14-24(33-5)15-13-23)26(37-19-22-10-8-7-9-11-22)20-35-17-16-25(27(31)34-6)30-28(32)38-29(2,3)4/h7-16,21,26H,17-20H2,1-6H3,(H,30,32)/b25-16-/t21?,26-/m1/s1. The third-order valence-electron chi connectivity index (χ3n) is 5.23. The van der Waals surface area contributed by atoms with Crippen LogP contribution in [-0.2, 0) is 41.7 Å². The van der Waals surface area contributed by atoms with Gasteiger partial charge in [-0.3, -0.25) is 5.32 Å². The fraction of sp³-hybridized carbons (Fsp3) is 0.448. The summed E-state index contributed by atoms with van der Waals surface area (Å²) in [6.45, 7) is 8.09. The smallest absolute Gasteiger partial charge is 0.412 e. The zero-order chi connectivity index (χ0) is 28.0. The highest BCUT2D eigenvalue weighted by molar-refractivity contribution is 5.92. The highest BCUT2D eigenvalue weighted by Crippen LogP contribution is 2.15. The van der Waals surface area contributed by atoms with Gasteiger partial charge in [-0.25, -0.2) is 9.59 Å². The number of rotatable bonds is 14. The number of benzene rings is 2. The number of carbonyl (C=O) groups is 2. The first-order valence-electron chi connectivity index (χ1n) is 12.4. The number of alkyl carbamates (subject to hydrolysis) is 1. The van der Waals surface area contributed by atoms with Gasteiger partial charge >= 0.3 is 12.1 Å². The third-order valence-corrected chi connectivity index (χ3v) is 5.23. The topological polar surface area (TPSA) is 102 Å². The first kappa shape index (κ1) is 30.8.